The number of aromatic nitrogens is 1. The summed E-state index contributed by atoms with van der Waals surface area (Å²) in [5.41, 5.74) is 0.603. The van der Waals surface area contributed by atoms with Crippen molar-refractivity contribution in [3.8, 4) is 0 Å². The van der Waals surface area contributed by atoms with Crippen LogP contribution >= 0.6 is 11.6 Å². The van der Waals surface area contributed by atoms with E-state index in [-0.39, 0.29) is 11.8 Å². The van der Waals surface area contributed by atoms with Crippen LogP contribution in [0.4, 0.5) is 5.69 Å². The van der Waals surface area contributed by atoms with Gasteiger partial charge in [0.05, 0.1) is 5.69 Å². The van der Waals surface area contributed by atoms with Gasteiger partial charge >= 0.3 is 0 Å². The largest absolute Gasteiger partial charge is 0.323 e. The lowest BCUT2D eigenvalue weighted by Crippen LogP contribution is -2.26. The quantitative estimate of drug-likeness (QED) is 0.646. The number of carbonyl (C=O) groups is 1. The molecule has 3 unspecified atom stereocenters. The first kappa shape index (κ1) is 10.8. The molecular weight excluding hydrogens is 236 g/mol. The van der Waals surface area contributed by atoms with Crippen molar-refractivity contribution >= 4 is 23.2 Å². The maximum Gasteiger partial charge on any atom is 0.228 e. The molecule has 1 saturated carbocycles. The van der Waals surface area contributed by atoms with Crippen molar-refractivity contribution < 1.29 is 4.79 Å². The standard InChI is InChI=1S/C13H13ClN2O/c14-12-11(2-1-5-15-12)16-13(17)10-7-8-3-4-9(10)6-8/h1-5,8-10H,6-7H2,(H,16,17). The molecule has 2 aliphatic rings. The number of allylic oxidation sites excluding steroid dienone is 2. The second-order valence-corrected chi connectivity index (χ2v) is 5.08. The number of hydrogen-bond acceptors (Lipinski definition) is 2. The third kappa shape index (κ3) is 1.95. The fraction of sp³-hybridized carbons (Fsp3) is 0.385. The monoisotopic (exact) mass is 248 g/mol. The molecule has 3 rings (SSSR count). The molecule has 0 aliphatic heterocycles. The molecule has 0 radical (unpaired) electrons. The number of hydrogen-bond donors (Lipinski definition) is 1. The summed E-state index contributed by atoms with van der Waals surface area (Å²) >= 11 is 5.91. The van der Waals surface area contributed by atoms with Crippen molar-refractivity contribution in [3.63, 3.8) is 0 Å². The summed E-state index contributed by atoms with van der Waals surface area (Å²) in [6.45, 7) is 0. The molecule has 1 heterocycles. The first-order valence-corrected chi connectivity index (χ1v) is 6.21. The molecular formula is C13H13ClN2O. The molecule has 0 spiro atoms. The van der Waals surface area contributed by atoms with Crippen LogP contribution < -0.4 is 5.32 Å². The van der Waals surface area contributed by atoms with Crippen molar-refractivity contribution in [2.45, 2.75) is 12.8 Å². The highest BCUT2D eigenvalue weighted by Gasteiger charge is 2.39. The zero-order valence-electron chi connectivity index (χ0n) is 9.27. The average Bonchev–Trinajstić information content (AvgIpc) is 2.94. The highest BCUT2D eigenvalue weighted by molar-refractivity contribution is 6.32. The Kier molecular flexibility index (Phi) is 2.63. The first-order valence-electron chi connectivity index (χ1n) is 5.84. The minimum absolute atomic E-state index is 0.0664. The molecule has 88 valence electrons. The van der Waals surface area contributed by atoms with Crippen LogP contribution in [0, 0.1) is 17.8 Å². The number of nitrogens with one attached hydrogen (secondary N) is 1. The molecule has 3 nitrogen and oxygen atoms in total. The Morgan fingerprint density at radius 1 is 1.41 bits per heavy atom. The van der Waals surface area contributed by atoms with Gasteiger partial charge in [0.2, 0.25) is 5.91 Å². The van der Waals surface area contributed by atoms with E-state index in [0.29, 0.717) is 22.7 Å². The van der Waals surface area contributed by atoms with Crippen molar-refractivity contribution in [1.29, 1.82) is 0 Å². The smallest absolute Gasteiger partial charge is 0.228 e. The van der Waals surface area contributed by atoms with Gasteiger partial charge in [0.1, 0.15) is 0 Å². The van der Waals surface area contributed by atoms with Crippen LogP contribution in [0.5, 0.6) is 0 Å². The number of anilines is 1. The van der Waals surface area contributed by atoms with E-state index in [2.05, 4.69) is 22.5 Å². The number of carbonyl (C=O) groups excluding carboxylic acids is 1. The van der Waals surface area contributed by atoms with Gasteiger partial charge in [-0.25, -0.2) is 4.98 Å². The number of fused-ring (bicyclic) bond motifs is 2. The Morgan fingerprint density at radius 2 is 2.29 bits per heavy atom. The summed E-state index contributed by atoms with van der Waals surface area (Å²) in [5.74, 6) is 1.17. The Balaban J connectivity index is 1.72. The van der Waals surface area contributed by atoms with Gasteiger partial charge in [0.25, 0.3) is 0 Å². The molecule has 0 aromatic carbocycles. The number of halogens is 1. The Morgan fingerprint density at radius 3 is 2.94 bits per heavy atom. The van der Waals surface area contributed by atoms with E-state index in [0.717, 1.165) is 12.8 Å². The van der Waals surface area contributed by atoms with Gasteiger partial charge in [-0.3, -0.25) is 4.79 Å². The lowest BCUT2D eigenvalue weighted by molar-refractivity contribution is -0.120. The zero-order chi connectivity index (χ0) is 11.8. The molecule has 2 bridgehead atoms. The van der Waals surface area contributed by atoms with E-state index in [9.17, 15) is 4.79 Å². The third-order valence-corrected chi connectivity index (χ3v) is 3.93. The van der Waals surface area contributed by atoms with E-state index in [1.54, 1.807) is 18.3 Å². The number of amides is 1. The highest BCUT2D eigenvalue weighted by atomic mass is 35.5. The molecule has 1 aromatic heterocycles. The van der Waals surface area contributed by atoms with Crippen molar-refractivity contribution in [2.24, 2.45) is 17.8 Å². The molecule has 1 aromatic rings. The normalized spacial score (nSPS) is 29.6. The lowest BCUT2D eigenvalue weighted by Gasteiger charge is -2.17. The maximum atomic E-state index is 12.1. The SMILES string of the molecule is O=C(Nc1cccnc1Cl)C1CC2C=CC1C2. The first-order chi connectivity index (χ1) is 8.24. The number of rotatable bonds is 2. The molecule has 17 heavy (non-hydrogen) atoms. The molecule has 2 aliphatic carbocycles. The Labute approximate surface area is 105 Å². The van der Waals surface area contributed by atoms with Crippen LogP contribution in [0.15, 0.2) is 30.5 Å². The van der Waals surface area contributed by atoms with E-state index in [1.165, 1.54) is 0 Å². The van der Waals surface area contributed by atoms with Crippen molar-refractivity contribution in [3.05, 3.63) is 35.6 Å². The predicted octanol–water partition coefficient (Wildman–Crippen LogP) is 2.89. The van der Waals surface area contributed by atoms with E-state index < -0.39 is 0 Å². The molecule has 0 saturated heterocycles. The number of nitrogens with zero attached hydrogens (tertiary/aromatic N) is 1. The maximum absolute atomic E-state index is 12.1. The highest BCUT2D eigenvalue weighted by Crippen LogP contribution is 2.43. The summed E-state index contributed by atoms with van der Waals surface area (Å²) < 4.78 is 0. The van der Waals surface area contributed by atoms with Crippen LogP contribution in [0.2, 0.25) is 5.15 Å². The summed E-state index contributed by atoms with van der Waals surface area (Å²) in [6, 6.07) is 3.54. The summed E-state index contributed by atoms with van der Waals surface area (Å²) in [4.78, 5) is 16.1. The fourth-order valence-electron chi connectivity index (χ4n) is 2.79. The van der Waals surface area contributed by atoms with Crippen LogP contribution in [0.25, 0.3) is 0 Å². The van der Waals surface area contributed by atoms with Crippen LogP contribution in [0.3, 0.4) is 0 Å². The predicted molar refractivity (Wildman–Crippen MR) is 66.7 cm³/mol. The van der Waals surface area contributed by atoms with Crippen molar-refractivity contribution in [2.75, 3.05) is 5.32 Å². The van der Waals surface area contributed by atoms with Crippen LogP contribution in [0.1, 0.15) is 12.8 Å². The van der Waals surface area contributed by atoms with Crippen molar-refractivity contribution in [1.82, 2.24) is 4.98 Å². The van der Waals surface area contributed by atoms with Gasteiger partial charge in [0.15, 0.2) is 5.15 Å². The second kappa shape index (κ2) is 4.15. The summed E-state index contributed by atoms with van der Waals surface area (Å²) in [6.07, 6.45) is 8.09. The zero-order valence-corrected chi connectivity index (χ0v) is 10.0. The van der Waals surface area contributed by atoms with E-state index >= 15 is 0 Å². The minimum Gasteiger partial charge on any atom is -0.323 e. The van der Waals surface area contributed by atoms with Crippen LogP contribution in [-0.2, 0) is 4.79 Å². The van der Waals surface area contributed by atoms with Gasteiger partial charge < -0.3 is 5.32 Å². The third-order valence-electron chi connectivity index (χ3n) is 3.63. The van der Waals surface area contributed by atoms with Crippen LogP contribution in [-0.4, -0.2) is 10.9 Å². The summed E-state index contributed by atoms with van der Waals surface area (Å²) in [7, 11) is 0. The van der Waals surface area contributed by atoms with Gasteiger partial charge in [-0.05, 0) is 36.8 Å². The second-order valence-electron chi connectivity index (χ2n) is 4.72. The summed E-state index contributed by atoms with van der Waals surface area (Å²) in [5, 5.41) is 3.22. The Hall–Kier alpha value is -1.35. The average molecular weight is 249 g/mol. The minimum atomic E-state index is 0.0664. The topological polar surface area (TPSA) is 42.0 Å². The molecule has 1 N–H and O–H groups in total. The van der Waals surface area contributed by atoms with Gasteiger partial charge in [-0.2, -0.15) is 0 Å². The molecule has 1 amide bonds. The number of pyridine rings is 1. The Bertz CT molecular complexity index is 486. The lowest BCUT2D eigenvalue weighted by atomic mass is 9.93. The van der Waals surface area contributed by atoms with Gasteiger partial charge in [0, 0.05) is 12.1 Å². The fourth-order valence-corrected chi connectivity index (χ4v) is 2.95. The van der Waals surface area contributed by atoms with Gasteiger partial charge in [-0.15, -0.1) is 0 Å². The molecule has 3 atom stereocenters. The van der Waals surface area contributed by atoms with E-state index in [4.69, 9.17) is 11.6 Å². The van der Waals surface area contributed by atoms with Gasteiger partial charge in [-0.1, -0.05) is 23.8 Å². The molecule has 4 heteroatoms. The molecule has 1 fully saturated rings. The van der Waals surface area contributed by atoms with E-state index in [1.807, 2.05) is 0 Å².